The average Bonchev–Trinajstić information content (AvgIpc) is 2.15. The van der Waals surface area contributed by atoms with Crippen LogP contribution in [0.2, 0.25) is 0 Å². The molecule has 1 aromatic carbocycles. The Morgan fingerprint density at radius 1 is 1.40 bits per heavy atom. The second-order valence-electron chi connectivity index (χ2n) is 3.57. The number of nitrogens with one attached hydrogen (secondary N) is 2. The molecule has 0 aromatic heterocycles. The smallest absolute Gasteiger partial charge is 0.166 e. The van der Waals surface area contributed by atoms with E-state index in [0.29, 0.717) is 11.2 Å². The maximum atomic E-state index is 5.14. The summed E-state index contributed by atoms with van der Waals surface area (Å²) >= 11 is 8.63. The summed E-state index contributed by atoms with van der Waals surface area (Å²) in [5.74, 6) is 0. The molecule has 82 valence electrons. The molecule has 0 amide bonds. The van der Waals surface area contributed by atoms with Gasteiger partial charge in [0, 0.05) is 17.1 Å². The summed E-state index contributed by atoms with van der Waals surface area (Å²) in [7, 11) is 0. The Labute approximate surface area is 105 Å². The van der Waals surface area contributed by atoms with Crippen molar-refractivity contribution in [2.75, 3.05) is 0 Å². The van der Waals surface area contributed by atoms with Gasteiger partial charge in [0.25, 0.3) is 0 Å². The molecule has 0 saturated carbocycles. The Kier molecular flexibility index (Phi) is 5.05. The quantitative estimate of drug-likeness (QED) is 0.836. The highest BCUT2D eigenvalue weighted by atomic mass is 79.9. The van der Waals surface area contributed by atoms with Crippen molar-refractivity contribution in [1.82, 2.24) is 10.6 Å². The molecule has 1 rings (SSSR count). The molecule has 4 heteroatoms. The fraction of sp³-hybridized carbons (Fsp3) is 0.364. The van der Waals surface area contributed by atoms with Crippen LogP contribution in [-0.4, -0.2) is 11.2 Å². The second kappa shape index (κ2) is 6.08. The number of hydrogen-bond acceptors (Lipinski definition) is 1. The highest BCUT2D eigenvalue weighted by molar-refractivity contribution is 9.10. The lowest BCUT2D eigenvalue weighted by Crippen LogP contribution is -2.38. The van der Waals surface area contributed by atoms with Crippen molar-refractivity contribution >= 4 is 33.3 Å². The SMILES string of the molecule is CC(C)NC(=S)NCc1ccccc1Br. The van der Waals surface area contributed by atoms with E-state index < -0.39 is 0 Å². The van der Waals surface area contributed by atoms with Crippen molar-refractivity contribution in [1.29, 1.82) is 0 Å². The van der Waals surface area contributed by atoms with E-state index in [2.05, 4.69) is 46.5 Å². The summed E-state index contributed by atoms with van der Waals surface area (Å²) in [5.41, 5.74) is 1.20. The van der Waals surface area contributed by atoms with Gasteiger partial charge in [0.15, 0.2) is 5.11 Å². The number of rotatable bonds is 3. The largest absolute Gasteiger partial charge is 0.361 e. The van der Waals surface area contributed by atoms with Gasteiger partial charge in [-0.3, -0.25) is 0 Å². The topological polar surface area (TPSA) is 24.1 Å². The molecule has 15 heavy (non-hydrogen) atoms. The van der Waals surface area contributed by atoms with E-state index in [1.165, 1.54) is 5.56 Å². The van der Waals surface area contributed by atoms with Crippen molar-refractivity contribution in [3.8, 4) is 0 Å². The van der Waals surface area contributed by atoms with Crippen LogP contribution in [0, 0.1) is 0 Å². The van der Waals surface area contributed by atoms with E-state index in [-0.39, 0.29) is 0 Å². The van der Waals surface area contributed by atoms with E-state index in [4.69, 9.17) is 12.2 Å². The van der Waals surface area contributed by atoms with Crippen molar-refractivity contribution in [2.24, 2.45) is 0 Å². The molecule has 2 nitrogen and oxygen atoms in total. The first-order valence-corrected chi connectivity index (χ1v) is 6.07. The molecule has 1 aromatic rings. The monoisotopic (exact) mass is 286 g/mol. The van der Waals surface area contributed by atoms with Gasteiger partial charge in [-0.05, 0) is 37.7 Å². The third-order valence-electron chi connectivity index (χ3n) is 1.82. The van der Waals surface area contributed by atoms with Crippen LogP contribution in [0.1, 0.15) is 19.4 Å². The number of hydrogen-bond donors (Lipinski definition) is 2. The average molecular weight is 287 g/mol. The summed E-state index contributed by atoms with van der Waals surface area (Å²) < 4.78 is 1.10. The molecule has 0 atom stereocenters. The van der Waals surface area contributed by atoms with Crippen LogP contribution in [-0.2, 0) is 6.54 Å². The first-order valence-electron chi connectivity index (χ1n) is 4.87. The van der Waals surface area contributed by atoms with E-state index in [9.17, 15) is 0 Å². The Morgan fingerprint density at radius 2 is 2.07 bits per heavy atom. The highest BCUT2D eigenvalue weighted by Crippen LogP contribution is 2.15. The maximum Gasteiger partial charge on any atom is 0.166 e. The molecule has 0 aliphatic rings. The lowest BCUT2D eigenvalue weighted by molar-refractivity contribution is 0.712. The minimum atomic E-state index is 0.365. The summed E-state index contributed by atoms with van der Waals surface area (Å²) in [5, 5.41) is 6.99. The molecular weight excluding hydrogens is 272 g/mol. The minimum Gasteiger partial charge on any atom is -0.361 e. The van der Waals surface area contributed by atoms with Gasteiger partial charge in [-0.2, -0.15) is 0 Å². The second-order valence-corrected chi connectivity index (χ2v) is 4.84. The first kappa shape index (κ1) is 12.5. The van der Waals surface area contributed by atoms with Crippen LogP contribution >= 0.6 is 28.1 Å². The fourth-order valence-electron chi connectivity index (χ4n) is 1.13. The van der Waals surface area contributed by atoms with Crippen LogP contribution in [0.15, 0.2) is 28.7 Å². The minimum absolute atomic E-state index is 0.365. The first-order chi connectivity index (χ1) is 7.09. The van der Waals surface area contributed by atoms with Crippen LogP contribution in [0.3, 0.4) is 0 Å². The molecular formula is C11H15BrN2S. The molecule has 0 spiro atoms. The van der Waals surface area contributed by atoms with Crippen LogP contribution in [0.25, 0.3) is 0 Å². The van der Waals surface area contributed by atoms with Crippen LogP contribution in [0.4, 0.5) is 0 Å². The molecule has 0 heterocycles. The van der Waals surface area contributed by atoms with Crippen molar-refractivity contribution in [3.63, 3.8) is 0 Å². The third-order valence-corrected chi connectivity index (χ3v) is 2.85. The molecule has 0 radical (unpaired) electrons. The number of thiocarbonyl (C=S) groups is 1. The van der Waals surface area contributed by atoms with E-state index in [0.717, 1.165) is 11.0 Å². The van der Waals surface area contributed by atoms with Gasteiger partial charge in [0.05, 0.1) is 0 Å². The molecule has 0 aliphatic carbocycles. The molecule has 0 unspecified atom stereocenters. The number of benzene rings is 1. The Balaban J connectivity index is 2.44. The molecule has 0 aliphatic heterocycles. The molecule has 0 fully saturated rings. The summed E-state index contributed by atoms with van der Waals surface area (Å²) in [6.07, 6.45) is 0. The molecule has 2 N–H and O–H groups in total. The van der Waals surface area contributed by atoms with Gasteiger partial charge < -0.3 is 10.6 Å². The summed E-state index contributed by atoms with van der Waals surface area (Å²) in [6, 6.07) is 8.47. The highest BCUT2D eigenvalue weighted by Gasteiger charge is 2.00. The zero-order chi connectivity index (χ0) is 11.3. The lowest BCUT2D eigenvalue weighted by atomic mass is 10.2. The van der Waals surface area contributed by atoms with Crippen molar-refractivity contribution in [3.05, 3.63) is 34.3 Å². The van der Waals surface area contributed by atoms with Crippen molar-refractivity contribution < 1.29 is 0 Å². The van der Waals surface area contributed by atoms with Crippen LogP contribution in [0.5, 0.6) is 0 Å². The predicted molar refractivity (Wildman–Crippen MR) is 71.9 cm³/mol. The van der Waals surface area contributed by atoms with Crippen LogP contribution < -0.4 is 10.6 Å². The van der Waals surface area contributed by atoms with Gasteiger partial charge in [0.1, 0.15) is 0 Å². The summed E-state index contributed by atoms with van der Waals surface area (Å²) in [4.78, 5) is 0. The van der Waals surface area contributed by atoms with Gasteiger partial charge in [-0.25, -0.2) is 0 Å². The standard InChI is InChI=1S/C11H15BrN2S/c1-8(2)14-11(15)13-7-9-5-3-4-6-10(9)12/h3-6,8H,7H2,1-2H3,(H2,13,14,15). The summed E-state index contributed by atoms with van der Waals surface area (Å²) in [6.45, 7) is 4.86. The zero-order valence-electron chi connectivity index (χ0n) is 8.88. The Bertz CT molecular complexity index is 339. The zero-order valence-corrected chi connectivity index (χ0v) is 11.3. The van der Waals surface area contributed by atoms with Gasteiger partial charge >= 0.3 is 0 Å². The third kappa shape index (κ3) is 4.62. The molecule has 0 saturated heterocycles. The maximum absolute atomic E-state index is 5.14. The van der Waals surface area contributed by atoms with Gasteiger partial charge in [0.2, 0.25) is 0 Å². The Morgan fingerprint density at radius 3 is 2.67 bits per heavy atom. The molecule has 0 bridgehead atoms. The van der Waals surface area contributed by atoms with Gasteiger partial charge in [-0.1, -0.05) is 34.1 Å². The predicted octanol–water partition coefficient (Wildman–Crippen LogP) is 2.82. The van der Waals surface area contributed by atoms with E-state index in [1.54, 1.807) is 0 Å². The van der Waals surface area contributed by atoms with E-state index >= 15 is 0 Å². The van der Waals surface area contributed by atoms with E-state index in [1.807, 2.05) is 18.2 Å². The normalized spacial score (nSPS) is 10.1. The van der Waals surface area contributed by atoms with Gasteiger partial charge in [-0.15, -0.1) is 0 Å². The Hall–Kier alpha value is -0.610. The fourth-order valence-corrected chi connectivity index (χ4v) is 1.86. The lowest BCUT2D eigenvalue weighted by Gasteiger charge is -2.13. The van der Waals surface area contributed by atoms with Crippen molar-refractivity contribution in [2.45, 2.75) is 26.4 Å². The number of halogens is 1.